The zero-order valence-corrected chi connectivity index (χ0v) is 17.7. The van der Waals surface area contributed by atoms with E-state index in [0.29, 0.717) is 22.5 Å². The first-order chi connectivity index (χ1) is 15.3. The van der Waals surface area contributed by atoms with Gasteiger partial charge in [0.25, 0.3) is 5.78 Å². The molecule has 1 amide bonds. The molecule has 162 valence electrons. The van der Waals surface area contributed by atoms with Crippen molar-refractivity contribution in [1.82, 2.24) is 5.16 Å². The maximum absolute atomic E-state index is 13.0. The van der Waals surface area contributed by atoms with Crippen molar-refractivity contribution < 1.29 is 28.8 Å². The Labute approximate surface area is 183 Å². The smallest absolute Gasteiger partial charge is 0.337 e. The molecule has 0 radical (unpaired) electrons. The van der Waals surface area contributed by atoms with Gasteiger partial charge in [-0.15, -0.1) is 0 Å². The van der Waals surface area contributed by atoms with E-state index in [1.54, 1.807) is 43.3 Å². The Morgan fingerprint density at radius 3 is 2.22 bits per heavy atom. The number of anilines is 1. The Bertz CT molecular complexity index is 1240. The molecule has 1 saturated heterocycles. The molecule has 2 aromatic carbocycles. The molecule has 32 heavy (non-hydrogen) atoms. The summed E-state index contributed by atoms with van der Waals surface area (Å²) in [5.41, 5.74) is 2.12. The van der Waals surface area contributed by atoms with Gasteiger partial charge in [-0.3, -0.25) is 14.5 Å². The van der Waals surface area contributed by atoms with Crippen LogP contribution in [0.5, 0.6) is 0 Å². The molecule has 8 heteroatoms. The van der Waals surface area contributed by atoms with Gasteiger partial charge >= 0.3 is 11.9 Å². The van der Waals surface area contributed by atoms with Crippen LogP contribution < -0.4 is 4.90 Å². The van der Waals surface area contributed by atoms with Crippen LogP contribution in [-0.4, -0.2) is 35.0 Å². The van der Waals surface area contributed by atoms with Gasteiger partial charge in [0.2, 0.25) is 0 Å². The van der Waals surface area contributed by atoms with Crippen LogP contribution in [0.1, 0.15) is 38.9 Å². The molecule has 0 unspecified atom stereocenters. The van der Waals surface area contributed by atoms with Gasteiger partial charge in [-0.05, 0) is 31.5 Å². The number of carbonyl (C=O) groups excluding carboxylic acids is 3. The molecule has 1 aromatic heterocycles. The molecule has 2 heterocycles. The quantitative estimate of drug-likeness (QED) is 0.290. The number of esters is 1. The van der Waals surface area contributed by atoms with E-state index in [4.69, 9.17) is 9.26 Å². The Kier molecular flexibility index (Phi) is 5.36. The molecule has 0 spiro atoms. The van der Waals surface area contributed by atoms with Gasteiger partial charge in [0, 0.05) is 11.6 Å². The number of aromatic nitrogens is 1. The van der Waals surface area contributed by atoms with Gasteiger partial charge < -0.3 is 14.4 Å². The Hall–Kier alpha value is -4.20. The summed E-state index contributed by atoms with van der Waals surface area (Å²) in [6.45, 7) is 3.57. The summed E-state index contributed by atoms with van der Waals surface area (Å²) in [7, 11) is 1.28. The van der Waals surface area contributed by atoms with Crippen molar-refractivity contribution in [1.29, 1.82) is 0 Å². The van der Waals surface area contributed by atoms with Crippen molar-refractivity contribution in [3.63, 3.8) is 0 Å². The van der Waals surface area contributed by atoms with E-state index in [-0.39, 0.29) is 17.2 Å². The third kappa shape index (κ3) is 3.56. The fraction of sp³-hybridized carbons (Fsp3) is 0.167. The number of ketones is 1. The third-order valence-corrected chi connectivity index (χ3v) is 5.28. The minimum atomic E-state index is -0.965. The number of benzene rings is 2. The fourth-order valence-electron chi connectivity index (χ4n) is 3.64. The number of carbonyl (C=O) groups is 3. The summed E-state index contributed by atoms with van der Waals surface area (Å²) < 4.78 is 9.83. The number of amides is 1. The summed E-state index contributed by atoms with van der Waals surface area (Å²) in [5, 5.41) is 14.9. The van der Waals surface area contributed by atoms with E-state index >= 15 is 0 Å². The maximum atomic E-state index is 13.0. The van der Waals surface area contributed by atoms with Crippen LogP contribution in [0, 0.1) is 13.8 Å². The second kappa shape index (κ2) is 8.14. The number of Topliss-reactive ketones (excluding diaryl/α,β-unsaturated/α-hetero) is 1. The van der Waals surface area contributed by atoms with E-state index < -0.39 is 23.7 Å². The van der Waals surface area contributed by atoms with Crippen molar-refractivity contribution in [2.45, 2.75) is 19.9 Å². The van der Waals surface area contributed by atoms with Gasteiger partial charge in [-0.1, -0.05) is 47.1 Å². The SMILES string of the molecule is COC(=O)c1ccc([C@@H]2/C(=C(\O)c3ccc(C)cc3)C(=O)C(=O)N2c2cc(C)on2)cc1. The van der Waals surface area contributed by atoms with Crippen LogP contribution in [0.4, 0.5) is 5.82 Å². The second-order valence-electron chi connectivity index (χ2n) is 7.44. The molecule has 1 fully saturated rings. The van der Waals surface area contributed by atoms with Gasteiger partial charge in [-0.2, -0.15) is 0 Å². The molecular formula is C24H20N2O6. The first kappa shape index (κ1) is 21.0. The summed E-state index contributed by atoms with van der Waals surface area (Å²) in [5.74, 6) is -1.89. The van der Waals surface area contributed by atoms with Crippen molar-refractivity contribution >= 4 is 29.2 Å². The first-order valence-electron chi connectivity index (χ1n) is 9.81. The van der Waals surface area contributed by atoms with Crippen molar-refractivity contribution in [3.05, 3.63) is 88.2 Å². The number of aliphatic hydroxyl groups excluding tert-OH is 1. The monoisotopic (exact) mass is 432 g/mol. The highest BCUT2D eigenvalue weighted by atomic mass is 16.5. The summed E-state index contributed by atoms with van der Waals surface area (Å²) >= 11 is 0. The molecule has 3 aromatic rings. The normalized spacial score (nSPS) is 17.6. The van der Waals surface area contributed by atoms with Crippen molar-refractivity contribution in [2.75, 3.05) is 12.0 Å². The number of hydrogen-bond acceptors (Lipinski definition) is 7. The molecule has 1 aliphatic heterocycles. The molecule has 1 aliphatic rings. The van der Waals surface area contributed by atoms with E-state index in [1.165, 1.54) is 30.2 Å². The average Bonchev–Trinajstić information content (AvgIpc) is 3.34. The fourth-order valence-corrected chi connectivity index (χ4v) is 3.64. The van der Waals surface area contributed by atoms with Crippen LogP contribution in [0.25, 0.3) is 5.76 Å². The Balaban J connectivity index is 1.90. The minimum absolute atomic E-state index is 0.0784. The minimum Gasteiger partial charge on any atom is -0.507 e. The molecule has 0 saturated carbocycles. The topological polar surface area (TPSA) is 110 Å². The molecule has 1 N–H and O–H groups in total. The lowest BCUT2D eigenvalue weighted by Gasteiger charge is -2.23. The zero-order valence-electron chi connectivity index (χ0n) is 17.7. The number of aliphatic hydroxyl groups is 1. The number of nitrogens with zero attached hydrogens (tertiary/aromatic N) is 2. The molecule has 1 atom stereocenters. The van der Waals surface area contributed by atoms with Gasteiger partial charge in [-0.25, -0.2) is 4.79 Å². The molecule has 0 bridgehead atoms. The van der Waals surface area contributed by atoms with Crippen molar-refractivity contribution in [3.8, 4) is 0 Å². The summed E-state index contributed by atoms with van der Waals surface area (Å²) in [6.07, 6.45) is 0. The van der Waals surface area contributed by atoms with E-state index in [1.807, 2.05) is 6.92 Å². The number of hydrogen-bond donors (Lipinski definition) is 1. The molecule has 0 aliphatic carbocycles. The van der Waals surface area contributed by atoms with Gasteiger partial charge in [0.1, 0.15) is 11.5 Å². The molecule has 4 rings (SSSR count). The number of ether oxygens (including phenoxy) is 1. The Morgan fingerprint density at radius 1 is 1.03 bits per heavy atom. The third-order valence-electron chi connectivity index (χ3n) is 5.28. The van der Waals surface area contributed by atoms with Gasteiger partial charge in [0.05, 0.1) is 24.3 Å². The van der Waals surface area contributed by atoms with E-state index in [2.05, 4.69) is 5.16 Å². The maximum Gasteiger partial charge on any atom is 0.337 e. The number of aryl methyl sites for hydroxylation is 2. The van der Waals surface area contributed by atoms with E-state index in [0.717, 1.165) is 5.56 Å². The number of rotatable bonds is 4. The van der Waals surface area contributed by atoms with Gasteiger partial charge in [0.15, 0.2) is 5.82 Å². The predicted octanol–water partition coefficient (Wildman–Crippen LogP) is 3.70. The second-order valence-corrected chi connectivity index (χ2v) is 7.44. The van der Waals surface area contributed by atoms with Crippen molar-refractivity contribution in [2.24, 2.45) is 0 Å². The highest BCUT2D eigenvalue weighted by Crippen LogP contribution is 2.41. The van der Waals surface area contributed by atoms with E-state index in [9.17, 15) is 19.5 Å². The lowest BCUT2D eigenvalue weighted by atomic mass is 9.94. The highest BCUT2D eigenvalue weighted by Gasteiger charge is 2.48. The van der Waals surface area contributed by atoms with Crippen LogP contribution in [0.15, 0.2) is 64.7 Å². The summed E-state index contributed by atoms with van der Waals surface area (Å²) in [6, 6.07) is 13.8. The van der Waals surface area contributed by atoms with Crippen LogP contribution >= 0.6 is 0 Å². The van der Waals surface area contributed by atoms with Crippen LogP contribution in [-0.2, 0) is 14.3 Å². The van der Waals surface area contributed by atoms with Crippen LogP contribution in [0.3, 0.4) is 0 Å². The average molecular weight is 432 g/mol. The van der Waals surface area contributed by atoms with Crippen LogP contribution in [0.2, 0.25) is 0 Å². The molecular weight excluding hydrogens is 412 g/mol. The predicted molar refractivity (Wildman–Crippen MR) is 115 cm³/mol. The lowest BCUT2D eigenvalue weighted by molar-refractivity contribution is -0.132. The Morgan fingerprint density at radius 2 is 1.66 bits per heavy atom. The standard InChI is InChI=1S/C24H20N2O6/c1-13-4-6-16(7-5-13)21(27)19-20(15-8-10-17(11-9-15)24(30)31-3)26(23(29)22(19)28)18-12-14(2)32-25-18/h4-12,20,27H,1-3H3/b21-19+/t20-/m1/s1. The largest absolute Gasteiger partial charge is 0.507 e. The number of methoxy groups -OCH3 is 1. The first-order valence-corrected chi connectivity index (χ1v) is 9.81. The zero-order chi connectivity index (χ0) is 23.0. The molecule has 8 nitrogen and oxygen atoms in total. The lowest BCUT2D eigenvalue weighted by Crippen LogP contribution is -2.29. The summed E-state index contributed by atoms with van der Waals surface area (Å²) in [4.78, 5) is 39.0. The highest BCUT2D eigenvalue weighted by molar-refractivity contribution is 6.51.